The number of aryl methyl sites for hydroxylation is 1. The molecule has 0 radical (unpaired) electrons. The molecule has 0 amide bonds. The monoisotopic (exact) mass is 556 g/mol. The van der Waals surface area contributed by atoms with Gasteiger partial charge in [-0.05, 0) is 49.1 Å². The molecule has 0 aliphatic heterocycles. The van der Waals surface area contributed by atoms with Gasteiger partial charge in [0.1, 0.15) is 40.9 Å². The SMILES string of the molecule is CCC(Nc1ncnc(N)c1C#Cc1cnccn1)c1nc2cccc(C(F)F)c2c(=O)n1-c1cc(C)cc(F)c1. The molecule has 12 heteroatoms. The minimum Gasteiger partial charge on any atom is -0.382 e. The molecule has 3 aromatic heterocycles. The van der Waals surface area contributed by atoms with Gasteiger partial charge < -0.3 is 11.1 Å². The molecule has 0 aliphatic rings. The second-order valence-electron chi connectivity index (χ2n) is 9.07. The van der Waals surface area contributed by atoms with Crippen LogP contribution < -0.4 is 16.6 Å². The van der Waals surface area contributed by atoms with Gasteiger partial charge in [0, 0.05) is 18.0 Å². The molecule has 1 unspecified atom stereocenters. The van der Waals surface area contributed by atoms with Crippen molar-refractivity contribution in [3.63, 3.8) is 0 Å². The molecule has 0 spiro atoms. The first-order chi connectivity index (χ1) is 19.8. The number of fused-ring (bicyclic) bond motifs is 1. The van der Waals surface area contributed by atoms with Crippen LogP contribution in [-0.4, -0.2) is 29.5 Å². The van der Waals surface area contributed by atoms with E-state index in [-0.39, 0.29) is 39.6 Å². The molecule has 9 nitrogen and oxygen atoms in total. The molecule has 0 fully saturated rings. The van der Waals surface area contributed by atoms with Gasteiger partial charge in [-0.25, -0.2) is 33.1 Å². The van der Waals surface area contributed by atoms with Crippen LogP contribution in [0.2, 0.25) is 0 Å². The maximum absolute atomic E-state index is 14.5. The average molecular weight is 557 g/mol. The number of rotatable bonds is 6. The largest absolute Gasteiger partial charge is 0.382 e. The van der Waals surface area contributed by atoms with Crippen LogP contribution in [0.3, 0.4) is 0 Å². The summed E-state index contributed by atoms with van der Waals surface area (Å²) < 4.78 is 43.5. The molecule has 0 saturated carbocycles. The van der Waals surface area contributed by atoms with E-state index in [2.05, 4.69) is 42.1 Å². The lowest BCUT2D eigenvalue weighted by molar-refractivity contribution is 0.153. The highest BCUT2D eigenvalue weighted by Gasteiger charge is 2.25. The molecule has 0 aliphatic carbocycles. The molecule has 5 aromatic rings. The first-order valence-electron chi connectivity index (χ1n) is 12.5. The summed E-state index contributed by atoms with van der Waals surface area (Å²) in [6, 6.07) is 7.41. The summed E-state index contributed by atoms with van der Waals surface area (Å²) in [6.07, 6.45) is 3.21. The second kappa shape index (κ2) is 11.4. The zero-order chi connectivity index (χ0) is 29.1. The lowest BCUT2D eigenvalue weighted by atomic mass is 10.1. The summed E-state index contributed by atoms with van der Waals surface area (Å²) >= 11 is 0. The number of benzene rings is 2. The molecule has 5 rings (SSSR count). The number of hydrogen-bond acceptors (Lipinski definition) is 8. The zero-order valence-corrected chi connectivity index (χ0v) is 21.9. The predicted molar refractivity (Wildman–Crippen MR) is 148 cm³/mol. The van der Waals surface area contributed by atoms with E-state index in [0.717, 1.165) is 10.6 Å². The highest BCUT2D eigenvalue weighted by atomic mass is 19.3. The van der Waals surface area contributed by atoms with Crippen molar-refractivity contribution >= 4 is 22.5 Å². The Balaban J connectivity index is 1.71. The van der Waals surface area contributed by atoms with Gasteiger partial charge in [-0.1, -0.05) is 25.0 Å². The third-order valence-corrected chi connectivity index (χ3v) is 6.26. The van der Waals surface area contributed by atoms with Crippen LogP contribution in [-0.2, 0) is 0 Å². The van der Waals surface area contributed by atoms with Gasteiger partial charge in [0.15, 0.2) is 0 Å². The van der Waals surface area contributed by atoms with Crippen molar-refractivity contribution < 1.29 is 13.2 Å². The Morgan fingerprint density at radius 1 is 1.10 bits per heavy atom. The highest BCUT2D eigenvalue weighted by molar-refractivity contribution is 5.82. The minimum absolute atomic E-state index is 0.0808. The van der Waals surface area contributed by atoms with Crippen molar-refractivity contribution in [1.82, 2.24) is 29.5 Å². The van der Waals surface area contributed by atoms with E-state index in [1.807, 2.05) is 6.92 Å². The van der Waals surface area contributed by atoms with Crippen molar-refractivity contribution in [2.75, 3.05) is 11.1 Å². The Morgan fingerprint density at radius 2 is 1.93 bits per heavy atom. The number of nitrogens with zero attached hydrogens (tertiary/aromatic N) is 6. The van der Waals surface area contributed by atoms with Crippen LogP contribution in [0.4, 0.5) is 24.8 Å². The van der Waals surface area contributed by atoms with Crippen molar-refractivity contribution in [2.24, 2.45) is 0 Å². The number of nitrogen functional groups attached to an aromatic ring is 1. The van der Waals surface area contributed by atoms with E-state index in [4.69, 9.17) is 5.73 Å². The van der Waals surface area contributed by atoms with Gasteiger partial charge in [0.25, 0.3) is 12.0 Å². The number of nitrogens with two attached hydrogens (primary N) is 1. The molecule has 3 N–H and O–H groups in total. The lowest BCUT2D eigenvalue weighted by Gasteiger charge is -2.23. The Hall–Kier alpha value is -5.31. The fourth-order valence-electron chi connectivity index (χ4n) is 4.42. The van der Waals surface area contributed by atoms with Gasteiger partial charge in [0.05, 0.1) is 28.8 Å². The lowest BCUT2D eigenvalue weighted by Crippen LogP contribution is -2.29. The Labute approximate surface area is 232 Å². The van der Waals surface area contributed by atoms with Crippen molar-refractivity contribution in [3.05, 3.63) is 106 Å². The maximum Gasteiger partial charge on any atom is 0.266 e. The van der Waals surface area contributed by atoms with E-state index in [1.54, 1.807) is 13.0 Å². The highest BCUT2D eigenvalue weighted by Crippen LogP contribution is 2.30. The molecule has 0 saturated heterocycles. The van der Waals surface area contributed by atoms with Crippen molar-refractivity contribution in [2.45, 2.75) is 32.7 Å². The van der Waals surface area contributed by atoms with E-state index in [0.29, 0.717) is 17.7 Å². The summed E-state index contributed by atoms with van der Waals surface area (Å²) in [5.74, 6) is 5.69. The number of aromatic nitrogens is 6. The van der Waals surface area contributed by atoms with Crippen LogP contribution in [0.1, 0.15) is 54.0 Å². The number of halogens is 3. The summed E-state index contributed by atoms with van der Waals surface area (Å²) in [5, 5.41) is 2.98. The van der Waals surface area contributed by atoms with Gasteiger partial charge >= 0.3 is 0 Å². The molecular weight excluding hydrogens is 533 g/mol. The fourth-order valence-corrected chi connectivity index (χ4v) is 4.42. The smallest absolute Gasteiger partial charge is 0.266 e. The summed E-state index contributed by atoms with van der Waals surface area (Å²) in [5.41, 5.74) is 6.34. The van der Waals surface area contributed by atoms with Gasteiger partial charge in [0.2, 0.25) is 0 Å². The number of alkyl halides is 2. The van der Waals surface area contributed by atoms with Crippen molar-refractivity contribution in [1.29, 1.82) is 0 Å². The van der Waals surface area contributed by atoms with E-state index >= 15 is 0 Å². The van der Waals surface area contributed by atoms with Crippen LogP contribution in [0, 0.1) is 24.6 Å². The maximum atomic E-state index is 14.5. The quantitative estimate of drug-likeness (QED) is 0.283. The van der Waals surface area contributed by atoms with Gasteiger partial charge in [-0.3, -0.25) is 14.3 Å². The Morgan fingerprint density at radius 3 is 2.63 bits per heavy atom. The van der Waals surface area contributed by atoms with Gasteiger partial charge in [-0.2, -0.15) is 0 Å². The zero-order valence-electron chi connectivity index (χ0n) is 21.9. The van der Waals surface area contributed by atoms with Crippen molar-refractivity contribution in [3.8, 4) is 17.5 Å². The van der Waals surface area contributed by atoms with E-state index < -0.39 is 29.4 Å². The topological polar surface area (TPSA) is 124 Å². The predicted octanol–water partition coefficient (Wildman–Crippen LogP) is 4.90. The first-order valence-corrected chi connectivity index (χ1v) is 12.5. The summed E-state index contributed by atoms with van der Waals surface area (Å²) in [6.45, 7) is 3.50. The molecule has 206 valence electrons. The summed E-state index contributed by atoms with van der Waals surface area (Å²) in [4.78, 5) is 35.0. The van der Waals surface area contributed by atoms with E-state index in [1.165, 1.54) is 49.2 Å². The molecule has 41 heavy (non-hydrogen) atoms. The fraction of sp³-hybridized carbons (Fsp3) is 0.172. The first kappa shape index (κ1) is 27.3. The van der Waals surface area contributed by atoms with E-state index in [9.17, 15) is 18.0 Å². The molecule has 0 bridgehead atoms. The normalized spacial score (nSPS) is 11.8. The van der Waals surface area contributed by atoms with Crippen LogP contribution >= 0.6 is 0 Å². The second-order valence-corrected chi connectivity index (χ2v) is 9.07. The van der Waals surface area contributed by atoms with Crippen LogP contribution in [0.15, 0.2) is 66.1 Å². The number of nitrogens with one attached hydrogen (secondary N) is 1. The van der Waals surface area contributed by atoms with Crippen LogP contribution in [0.25, 0.3) is 16.6 Å². The van der Waals surface area contributed by atoms with Gasteiger partial charge in [-0.15, -0.1) is 0 Å². The standard InChI is InChI=1S/C29H23F3N8O/c1-3-22(38-27-21(26(33)36-15-37-27)8-7-18-14-34-9-10-35-18)28-39-23-6-4-5-20(25(31)32)24(23)29(41)40(28)19-12-16(2)11-17(30)13-19/h4-6,9-15,22,25H,3H2,1-2H3,(H3,33,36,37,38). The minimum atomic E-state index is -2.92. The number of anilines is 2. The number of hydrogen-bond donors (Lipinski definition) is 2. The third kappa shape index (κ3) is 5.56. The third-order valence-electron chi connectivity index (χ3n) is 6.26. The average Bonchev–Trinajstić information content (AvgIpc) is 2.95. The Kier molecular flexibility index (Phi) is 7.60. The molecular formula is C29H23F3N8O. The molecule has 3 heterocycles. The molecule has 1 atom stereocenters. The molecule has 2 aromatic carbocycles. The van der Waals surface area contributed by atoms with Crippen LogP contribution in [0.5, 0.6) is 0 Å². The summed E-state index contributed by atoms with van der Waals surface area (Å²) in [7, 11) is 0. The Bertz CT molecular complexity index is 1850.